The second-order valence-corrected chi connectivity index (χ2v) is 5.21. The van der Waals surface area contributed by atoms with E-state index in [2.05, 4.69) is 20.3 Å². The zero-order chi connectivity index (χ0) is 15.5. The number of hydrogen-bond donors (Lipinski definition) is 2. The molecule has 1 aromatic heterocycles. The molecule has 0 unspecified atom stereocenters. The van der Waals surface area contributed by atoms with Gasteiger partial charge in [-0.2, -0.15) is 5.10 Å². The Labute approximate surface area is 127 Å². The number of nitrogens with zero attached hydrogens (tertiary/aromatic N) is 1. The van der Waals surface area contributed by atoms with Crippen LogP contribution in [0.4, 0.5) is 5.69 Å². The van der Waals surface area contributed by atoms with Gasteiger partial charge in [-0.25, -0.2) is 4.79 Å². The van der Waals surface area contributed by atoms with Crippen LogP contribution in [0.15, 0.2) is 18.2 Å². The summed E-state index contributed by atoms with van der Waals surface area (Å²) in [5, 5.41) is 10.1. The van der Waals surface area contributed by atoms with Gasteiger partial charge in [-0.05, 0) is 31.0 Å². The summed E-state index contributed by atoms with van der Waals surface area (Å²) in [5.41, 5.74) is 1.52. The van der Waals surface area contributed by atoms with E-state index in [1.807, 2.05) is 0 Å². The summed E-state index contributed by atoms with van der Waals surface area (Å²) in [6, 6.07) is 5.23. The Morgan fingerprint density at radius 2 is 2.36 bits per heavy atom. The maximum atomic E-state index is 12.0. The van der Waals surface area contributed by atoms with E-state index in [0.29, 0.717) is 23.0 Å². The Morgan fingerprint density at radius 1 is 1.50 bits per heavy atom. The first-order chi connectivity index (χ1) is 10.7. The van der Waals surface area contributed by atoms with Crippen LogP contribution in [0, 0.1) is 0 Å². The number of amides is 1. The van der Waals surface area contributed by atoms with E-state index in [4.69, 9.17) is 4.74 Å². The number of rotatable bonds is 4. The summed E-state index contributed by atoms with van der Waals surface area (Å²) in [7, 11) is 1.30. The number of ether oxygens (including phenoxy) is 2. The fourth-order valence-corrected chi connectivity index (χ4v) is 2.57. The van der Waals surface area contributed by atoms with Gasteiger partial charge in [0.15, 0.2) is 5.69 Å². The highest BCUT2D eigenvalue weighted by Crippen LogP contribution is 2.22. The molecule has 22 heavy (non-hydrogen) atoms. The molecule has 1 saturated heterocycles. The lowest BCUT2D eigenvalue weighted by Crippen LogP contribution is -2.19. The number of carbonyl (C=O) groups is 2. The van der Waals surface area contributed by atoms with Gasteiger partial charge in [-0.1, -0.05) is 0 Å². The number of H-pyrrole nitrogens is 1. The maximum Gasteiger partial charge on any atom is 0.359 e. The molecule has 2 heterocycles. The lowest BCUT2D eigenvalue weighted by molar-refractivity contribution is -0.118. The Morgan fingerprint density at radius 3 is 3.09 bits per heavy atom. The minimum absolute atomic E-state index is 0.00304. The Bertz CT molecular complexity index is 704. The van der Waals surface area contributed by atoms with E-state index in [1.165, 1.54) is 7.11 Å². The number of benzene rings is 1. The molecule has 1 amide bonds. The number of hydrogen-bond acceptors (Lipinski definition) is 5. The molecule has 1 aliphatic heterocycles. The maximum absolute atomic E-state index is 12.0. The number of nitrogens with one attached hydrogen (secondary N) is 2. The first-order valence-electron chi connectivity index (χ1n) is 7.15. The summed E-state index contributed by atoms with van der Waals surface area (Å²) < 4.78 is 10.1. The molecule has 2 N–H and O–H groups in total. The van der Waals surface area contributed by atoms with Crippen molar-refractivity contribution in [2.75, 3.05) is 19.0 Å². The van der Waals surface area contributed by atoms with Gasteiger partial charge >= 0.3 is 5.97 Å². The highest BCUT2D eigenvalue weighted by atomic mass is 16.5. The largest absolute Gasteiger partial charge is 0.464 e. The standard InChI is InChI=1S/C15H17N3O4/c1-21-15(20)14-11-7-9(4-5-12(11)17-18-14)16-13(19)8-10-3-2-6-22-10/h4-5,7,10H,2-3,6,8H2,1H3,(H,16,19)(H,17,18)/t10-/m1/s1. The smallest absolute Gasteiger partial charge is 0.359 e. The van der Waals surface area contributed by atoms with Crippen molar-refractivity contribution in [3.05, 3.63) is 23.9 Å². The number of aromatic amines is 1. The summed E-state index contributed by atoms with van der Waals surface area (Å²) in [6.07, 6.45) is 2.26. The van der Waals surface area contributed by atoms with Crippen LogP contribution in [-0.4, -0.2) is 41.9 Å². The molecule has 0 aliphatic carbocycles. The van der Waals surface area contributed by atoms with Crippen LogP contribution in [0.25, 0.3) is 10.9 Å². The first-order valence-corrected chi connectivity index (χ1v) is 7.15. The monoisotopic (exact) mass is 303 g/mol. The van der Waals surface area contributed by atoms with Crippen molar-refractivity contribution in [3.63, 3.8) is 0 Å². The number of esters is 1. The van der Waals surface area contributed by atoms with Crippen molar-refractivity contribution >= 4 is 28.5 Å². The van der Waals surface area contributed by atoms with E-state index < -0.39 is 5.97 Å². The highest BCUT2D eigenvalue weighted by Gasteiger charge is 2.20. The second kappa shape index (κ2) is 6.15. The highest BCUT2D eigenvalue weighted by molar-refractivity contribution is 6.03. The summed E-state index contributed by atoms with van der Waals surface area (Å²) in [6.45, 7) is 0.724. The summed E-state index contributed by atoms with van der Waals surface area (Å²) >= 11 is 0. The quantitative estimate of drug-likeness (QED) is 0.841. The van der Waals surface area contributed by atoms with Gasteiger partial charge in [0.1, 0.15) is 0 Å². The van der Waals surface area contributed by atoms with Crippen molar-refractivity contribution in [1.29, 1.82) is 0 Å². The van der Waals surface area contributed by atoms with Gasteiger partial charge < -0.3 is 14.8 Å². The summed E-state index contributed by atoms with van der Waals surface area (Å²) in [5.74, 6) is -0.622. The van der Waals surface area contributed by atoms with Crippen molar-refractivity contribution in [2.45, 2.75) is 25.4 Å². The van der Waals surface area contributed by atoms with Crippen LogP contribution in [-0.2, 0) is 14.3 Å². The van der Waals surface area contributed by atoms with Gasteiger partial charge in [0.05, 0.1) is 25.2 Å². The van der Waals surface area contributed by atoms with Crippen LogP contribution in [0.5, 0.6) is 0 Å². The second-order valence-electron chi connectivity index (χ2n) is 5.21. The predicted octanol–water partition coefficient (Wildman–Crippen LogP) is 1.86. The Kier molecular flexibility index (Phi) is 4.06. The van der Waals surface area contributed by atoms with E-state index >= 15 is 0 Å². The molecule has 116 valence electrons. The predicted molar refractivity (Wildman–Crippen MR) is 79.7 cm³/mol. The van der Waals surface area contributed by atoms with E-state index in [9.17, 15) is 9.59 Å². The molecule has 1 atom stereocenters. The summed E-state index contributed by atoms with van der Waals surface area (Å²) in [4.78, 5) is 23.7. The molecule has 0 saturated carbocycles. The van der Waals surface area contributed by atoms with Crippen LogP contribution in [0.3, 0.4) is 0 Å². The third kappa shape index (κ3) is 2.94. The van der Waals surface area contributed by atoms with Crippen LogP contribution in [0.1, 0.15) is 29.8 Å². The minimum Gasteiger partial charge on any atom is -0.464 e. The number of anilines is 1. The lowest BCUT2D eigenvalue weighted by Gasteiger charge is -2.10. The third-order valence-corrected chi connectivity index (χ3v) is 3.66. The molecule has 7 heteroatoms. The first kappa shape index (κ1) is 14.5. The van der Waals surface area contributed by atoms with Crippen molar-refractivity contribution in [1.82, 2.24) is 10.2 Å². The zero-order valence-electron chi connectivity index (χ0n) is 12.2. The normalized spacial score (nSPS) is 17.6. The number of aromatic nitrogens is 2. The average molecular weight is 303 g/mol. The zero-order valence-corrected chi connectivity index (χ0v) is 12.2. The van der Waals surface area contributed by atoms with Crippen LogP contribution in [0.2, 0.25) is 0 Å². The van der Waals surface area contributed by atoms with E-state index in [0.717, 1.165) is 19.4 Å². The molecule has 7 nitrogen and oxygen atoms in total. The van der Waals surface area contributed by atoms with Crippen molar-refractivity contribution in [3.8, 4) is 0 Å². The molecule has 3 rings (SSSR count). The fourth-order valence-electron chi connectivity index (χ4n) is 2.57. The van der Waals surface area contributed by atoms with Crippen molar-refractivity contribution in [2.24, 2.45) is 0 Å². The topological polar surface area (TPSA) is 93.3 Å². The third-order valence-electron chi connectivity index (χ3n) is 3.66. The van der Waals surface area contributed by atoms with Crippen molar-refractivity contribution < 1.29 is 19.1 Å². The minimum atomic E-state index is -0.519. The van der Waals surface area contributed by atoms with E-state index in [1.54, 1.807) is 18.2 Å². The molecule has 2 aromatic rings. The van der Waals surface area contributed by atoms with Gasteiger partial charge in [-0.15, -0.1) is 0 Å². The Hall–Kier alpha value is -2.41. The molecule has 1 aromatic carbocycles. The van der Waals surface area contributed by atoms with Crippen LogP contribution >= 0.6 is 0 Å². The molecular formula is C15H17N3O4. The Balaban J connectivity index is 1.76. The van der Waals surface area contributed by atoms with Gasteiger partial charge in [0.2, 0.25) is 5.91 Å². The van der Waals surface area contributed by atoms with Crippen LogP contribution < -0.4 is 5.32 Å². The molecule has 0 radical (unpaired) electrons. The van der Waals surface area contributed by atoms with E-state index in [-0.39, 0.29) is 17.7 Å². The molecule has 0 bridgehead atoms. The lowest BCUT2D eigenvalue weighted by atomic mass is 10.1. The number of carbonyl (C=O) groups excluding carboxylic acids is 2. The van der Waals surface area contributed by atoms with Gasteiger partial charge in [0.25, 0.3) is 0 Å². The average Bonchev–Trinajstić information content (AvgIpc) is 3.15. The van der Waals surface area contributed by atoms with Gasteiger partial charge in [0, 0.05) is 17.7 Å². The molecular weight excluding hydrogens is 286 g/mol. The van der Waals surface area contributed by atoms with Gasteiger partial charge in [-0.3, -0.25) is 9.89 Å². The molecule has 1 fully saturated rings. The fraction of sp³-hybridized carbons (Fsp3) is 0.400. The molecule has 0 spiro atoms. The number of methoxy groups -OCH3 is 1. The molecule has 1 aliphatic rings. The number of fused-ring (bicyclic) bond motifs is 1. The SMILES string of the molecule is COC(=O)c1n[nH]c2ccc(NC(=O)C[C@H]3CCCO3)cc12.